The van der Waals surface area contributed by atoms with Crippen LogP contribution in [0.4, 0.5) is 4.79 Å². The molecule has 1 heterocycles. The van der Waals surface area contributed by atoms with Crippen LogP contribution >= 0.6 is 11.8 Å². The predicted molar refractivity (Wildman–Crippen MR) is 62.5 cm³/mol. The average Bonchev–Trinajstić information content (AvgIpc) is 2.29. The highest BCUT2D eigenvalue weighted by Crippen LogP contribution is 2.16. The van der Waals surface area contributed by atoms with Crippen molar-refractivity contribution in [1.82, 2.24) is 10.2 Å². The van der Waals surface area contributed by atoms with Crippen LogP contribution in [0.1, 0.15) is 6.42 Å². The van der Waals surface area contributed by atoms with E-state index in [0.717, 1.165) is 5.75 Å². The van der Waals surface area contributed by atoms with Crippen LogP contribution in [-0.4, -0.2) is 59.2 Å². The summed E-state index contributed by atoms with van der Waals surface area (Å²) >= 11 is 1.56. The lowest BCUT2D eigenvalue weighted by atomic mass is 10.3. The van der Waals surface area contributed by atoms with Crippen LogP contribution in [0.3, 0.4) is 0 Å². The number of carbonyl (C=O) groups is 2. The normalized spacial score (nSPS) is 20.6. The smallest absolute Gasteiger partial charge is 0.327 e. The van der Waals surface area contributed by atoms with Crippen LogP contribution in [0.25, 0.3) is 0 Å². The minimum atomic E-state index is -0.943. The first-order valence-electron chi connectivity index (χ1n) is 5.22. The van der Waals surface area contributed by atoms with Crippen molar-refractivity contribution < 1.29 is 14.7 Å². The van der Waals surface area contributed by atoms with E-state index in [9.17, 15) is 9.59 Å². The minimum Gasteiger partial charge on any atom is -0.480 e. The van der Waals surface area contributed by atoms with Gasteiger partial charge in [-0.1, -0.05) is 0 Å². The molecule has 1 atom stereocenters. The highest BCUT2D eigenvalue weighted by atomic mass is 32.2. The Morgan fingerprint density at radius 3 is 2.94 bits per heavy atom. The molecule has 1 unspecified atom stereocenters. The first kappa shape index (κ1) is 13.1. The van der Waals surface area contributed by atoms with Gasteiger partial charge in [0.15, 0.2) is 0 Å². The Labute approximate surface area is 98.5 Å². The Hall–Kier alpha value is -0.950. The van der Waals surface area contributed by atoms with Crippen molar-refractivity contribution in [2.24, 2.45) is 5.73 Å². The van der Waals surface area contributed by atoms with Gasteiger partial charge in [-0.3, -0.25) is 0 Å². The number of carbonyl (C=O) groups excluding carboxylic acids is 1. The molecule has 2 amide bonds. The fourth-order valence-corrected chi connectivity index (χ4v) is 2.49. The summed E-state index contributed by atoms with van der Waals surface area (Å²) in [5, 5.41) is 11.6. The highest BCUT2D eigenvalue weighted by Gasteiger charge is 2.31. The number of hydrogen-bond acceptors (Lipinski definition) is 4. The van der Waals surface area contributed by atoms with E-state index >= 15 is 0 Å². The quantitative estimate of drug-likeness (QED) is 0.585. The third-order valence-corrected chi connectivity index (χ3v) is 3.35. The van der Waals surface area contributed by atoms with Crippen molar-refractivity contribution >= 4 is 23.8 Å². The second-order valence-corrected chi connectivity index (χ2v) is 4.65. The van der Waals surface area contributed by atoms with Crippen molar-refractivity contribution in [2.75, 3.05) is 31.1 Å². The second kappa shape index (κ2) is 6.59. The van der Waals surface area contributed by atoms with Crippen molar-refractivity contribution in [2.45, 2.75) is 12.5 Å². The van der Waals surface area contributed by atoms with Gasteiger partial charge >= 0.3 is 12.0 Å². The minimum absolute atomic E-state index is 0.304. The molecule has 0 aromatic carbocycles. The summed E-state index contributed by atoms with van der Waals surface area (Å²) in [6.45, 7) is 1.49. The van der Waals surface area contributed by atoms with E-state index in [1.165, 1.54) is 4.90 Å². The fourth-order valence-electron chi connectivity index (χ4n) is 1.45. The Balaban J connectivity index is 2.47. The molecular weight excluding hydrogens is 230 g/mol. The molecule has 0 saturated carbocycles. The lowest BCUT2D eigenvalue weighted by molar-refractivity contribution is -0.141. The van der Waals surface area contributed by atoms with Crippen molar-refractivity contribution in [3.63, 3.8) is 0 Å². The largest absolute Gasteiger partial charge is 0.480 e. The first-order chi connectivity index (χ1) is 7.66. The second-order valence-electron chi connectivity index (χ2n) is 3.50. The summed E-state index contributed by atoms with van der Waals surface area (Å²) in [5.74, 6) is 0.300. The lowest BCUT2D eigenvalue weighted by Gasteiger charge is -2.32. The van der Waals surface area contributed by atoms with E-state index in [2.05, 4.69) is 5.32 Å². The molecule has 1 rings (SSSR count). The number of amides is 2. The molecule has 0 aromatic rings. The molecule has 7 heteroatoms. The van der Waals surface area contributed by atoms with Gasteiger partial charge in [0.1, 0.15) is 6.04 Å². The fraction of sp³-hybridized carbons (Fsp3) is 0.778. The van der Waals surface area contributed by atoms with Gasteiger partial charge in [0.05, 0.1) is 0 Å². The zero-order valence-corrected chi connectivity index (χ0v) is 9.83. The molecule has 0 spiro atoms. The third-order valence-electron chi connectivity index (χ3n) is 2.33. The van der Waals surface area contributed by atoms with Crippen LogP contribution < -0.4 is 11.1 Å². The summed E-state index contributed by atoms with van der Waals surface area (Å²) in [6, 6.07) is -1.02. The van der Waals surface area contributed by atoms with Gasteiger partial charge in [-0.15, -0.1) is 0 Å². The van der Waals surface area contributed by atoms with E-state index in [0.29, 0.717) is 31.8 Å². The molecule has 0 aromatic heterocycles. The Morgan fingerprint density at radius 2 is 2.31 bits per heavy atom. The topological polar surface area (TPSA) is 95.7 Å². The highest BCUT2D eigenvalue weighted by molar-refractivity contribution is 7.99. The number of thioether (sulfide) groups is 1. The van der Waals surface area contributed by atoms with Crippen LogP contribution in [0.15, 0.2) is 0 Å². The van der Waals surface area contributed by atoms with Crippen molar-refractivity contribution in [1.29, 1.82) is 0 Å². The molecular formula is C9H17N3O3S. The number of hydrogen-bond donors (Lipinski definition) is 3. The number of carboxylic acids is 1. The third kappa shape index (κ3) is 3.57. The first-order valence-corrected chi connectivity index (χ1v) is 6.37. The average molecular weight is 247 g/mol. The van der Waals surface area contributed by atoms with Crippen molar-refractivity contribution in [3.05, 3.63) is 0 Å². The maximum atomic E-state index is 11.7. The zero-order chi connectivity index (χ0) is 12.0. The summed E-state index contributed by atoms with van der Waals surface area (Å²) in [6.07, 6.45) is 0.700. The van der Waals surface area contributed by atoms with Crippen LogP contribution in [-0.2, 0) is 4.79 Å². The molecule has 92 valence electrons. The molecule has 6 nitrogen and oxygen atoms in total. The number of nitrogens with one attached hydrogen (secondary N) is 1. The Kier molecular flexibility index (Phi) is 5.41. The molecule has 1 saturated heterocycles. The van der Waals surface area contributed by atoms with E-state index in [4.69, 9.17) is 10.8 Å². The molecule has 1 aliphatic heterocycles. The molecule has 0 bridgehead atoms. The number of rotatable bonds is 4. The molecule has 1 aliphatic rings. The summed E-state index contributed by atoms with van der Waals surface area (Å²) in [5.41, 5.74) is 5.31. The van der Waals surface area contributed by atoms with Crippen LogP contribution in [0.5, 0.6) is 0 Å². The zero-order valence-electron chi connectivity index (χ0n) is 9.02. The van der Waals surface area contributed by atoms with Gasteiger partial charge in [-0.2, -0.15) is 11.8 Å². The number of nitrogens with two attached hydrogens (primary N) is 1. The van der Waals surface area contributed by atoms with E-state index in [1.807, 2.05) is 0 Å². The Bertz CT molecular complexity index is 262. The predicted octanol–water partition coefficient (Wildman–Crippen LogP) is -0.453. The number of nitrogens with zero attached hydrogens (tertiary/aromatic N) is 1. The molecule has 4 N–H and O–H groups in total. The van der Waals surface area contributed by atoms with Gasteiger partial charge in [0, 0.05) is 24.6 Å². The summed E-state index contributed by atoms with van der Waals surface area (Å²) in [4.78, 5) is 24.0. The number of carboxylic acid groups (broad SMARTS) is 1. The number of aliphatic carboxylic acids is 1. The maximum absolute atomic E-state index is 11.7. The van der Waals surface area contributed by atoms with Gasteiger partial charge in [-0.25, -0.2) is 9.59 Å². The molecule has 16 heavy (non-hydrogen) atoms. The summed E-state index contributed by atoms with van der Waals surface area (Å²) in [7, 11) is 0. The van der Waals surface area contributed by atoms with Crippen LogP contribution in [0.2, 0.25) is 0 Å². The standard InChI is InChI=1S/C9H17N3O3S/c10-2-1-3-11-9(15)12-4-5-16-6-7(12)8(13)14/h7H,1-6,10H2,(H,11,15)(H,13,14). The van der Waals surface area contributed by atoms with Gasteiger partial charge in [-0.05, 0) is 13.0 Å². The van der Waals surface area contributed by atoms with Gasteiger partial charge in [0.2, 0.25) is 0 Å². The van der Waals surface area contributed by atoms with Crippen LogP contribution in [0, 0.1) is 0 Å². The van der Waals surface area contributed by atoms with E-state index in [-0.39, 0.29) is 6.03 Å². The molecule has 0 radical (unpaired) electrons. The van der Waals surface area contributed by atoms with E-state index in [1.54, 1.807) is 11.8 Å². The Morgan fingerprint density at radius 1 is 1.56 bits per heavy atom. The molecule has 1 fully saturated rings. The lowest BCUT2D eigenvalue weighted by Crippen LogP contribution is -2.54. The number of urea groups is 1. The van der Waals surface area contributed by atoms with E-state index < -0.39 is 12.0 Å². The maximum Gasteiger partial charge on any atom is 0.327 e. The van der Waals surface area contributed by atoms with Gasteiger partial charge < -0.3 is 21.1 Å². The monoisotopic (exact) mass is 247 g/mol. The van der Waals surface area contributed by atoms with Crippen molar-refractivity contribution in [3.8, 4) is 0 Å². The van der Waals surface area contributed by atoms with Gasteiger partial charge in [0.25, 0.3) is 0 Å². The molecule has 0 aliphatic carbocycles. The summed E-state index contributed by atoms with van der Waals surface area (Å²) < 4.78 is 0. The SMILES string of the molecule is NCCCNC(=O)N1CCSCC1C(=O)O.